The van der Waals surface area contributed by atoms with Crippen LogP contribution in [0.5, 0.6) is 5.75 Å². The summed E-state index contributed by atoms with van der Waals surface area (Å²) in [5.74, 6) is 0.470. The Morgan fingerprint density at radius 2 is 1.94 bits per heavy atom. The molecule has 5 nitrogen and oxygen atoms in total. The molecular weight excluding hydrogens is 230 g/mol. The highest BCUT2D eigenvalue weighted by Gasteiger charge is 2.12. The Balaban J connectivity index is 2.25. The third-order valence-corrected chi connectivity index (χ3v) is 2.44. The zero-order chi connectivity index (χ0) is 13.1. The van der Waals surface area contributed by atoms with Gasteiger partial charge in [-0.1, -0.05) is 18.2 Å². The van der Waals surface area contributed by atoms with Crippen LogP contribution in [0.15, 0.2) is 36.5 Å². The molecule has 0 bridgehead atoms. The van der Waals surface area contributed by atoms with Crippen molar-refractivity contribution in [3.8, 4) is 11.4 Å². The molecule has 0 radical (unpaired) electrons. The number of benzene rings is 1. The monoisotopic (exact) mass is 245 g/mol. The van der Waals surface area contributed by atoms with Gasteiger partial charge >= 0.3 is 6.09 Å². The first-order valence-electron chi connectivity index (χ1n) is 5.59. The van der Waals surface area contributed by atoms with Crippen molar-refractivity contribution in [2.75, 3.05) is 14.1 Å². The minimum Gasteiger partial charge on any atom is -0.407 e. The molecule has 1 heterocycles. The summed E-state index contributed by atoms with van der Waals surface area (Å²) in [6, 6.07) is 9.66. The van der Waals surface area contributed by atoms with Gasteiger partial charge in [0.2, 0.25) is 0 Å². The van der Waals surface area contributed by atoms with E-state index in [0.29, 0.717) is 11.4 Å². The van der Waals surface area contributed by atoms with Crippen LogP contribution < -0.4 is 4.74 Å². The summed E-state index contributed by atoms with van der Waals surface area (Å²) >= 11 is 0. The lowest BCUT2D eigenvalue weighted by Crippen LogP contribution is -2.25. The van der Waals surface area contributed by atoms with Gasteiger partial charge in [-0.25, -0.2) is 9.48 Å². The lowest BCUT2D eigenvalue weighted by atomic mass is 10.3. The smallest absolute Gasteiger partial charge is 0.407 e. The van der Waals surface area contributed by atoms with Crippen LogP contribution in [0.2, 0.25) is 0 Å². The van der Waals surface area contributed by atoms with Crippen molar-refractivity contribution < 1.29 is 9.53 Å². The molecule has 1 aromatic carbocycles. The Kier molecular flexibility index (Phi) is 3.32. The van der Waals surface area contributed by atoms with Crippen LogP contribution in [0, 0.1) is 6.92 Å². The number of aromatic nitrogens is 2. The van der Waals surface area contributed by atoms with Crippen molar-refractivity contribution in [2.24, 2.45) is 0 Å². The fraction of sp³-hybridized carbons (Fsp3) is 0.231. The minimum absolute atomic E-state index is 0.411. The van der Waals surface area contributed by atoms with Crippen molar-refractivity contribution in [1.29, 1.82) is 0 Å². The molecule has 18 heavy (non-hydrogen) atoms. The Bertz CT molecular complexity index is 547. The fourth-order valence-electron chi connectivity index (χ4n) is 1.44. The highest BCUT2D eigenvalue weighted by molar-refractivity contribution is 5.70. The van der Waals surface area contributed by atoms with Gasteiger partial charge in [0.25, 0.3) is 0 Å². The molecule has 0 atom stereocenters. The Morgan fingerprint density at radius 3 is 2.56 bits per heavy atom. The molecule has 5 heteroatoms. The number of hydrogen-bond acceptors (Lipinski definition) is 3. The van der Waals surface area contributed by atoms with Crippen molar-refractivity contribution in [3.05, 3.63) is 42.2 Å². The molecule has 0 spiro atoms. The maximum atomic E-state index is 11.5. The van der Waals surface area contributed by atoms with Crippen LogP contribution in [0.1, 0.15) is 5.69 Å². The second-order valence-electron chi connectivity index (χ2n) is 4.12. The van der Waals surface area contributed by atoms with Gasteiger partial charge in [0.15, 0.2) is 5.75 Å². The first kappa shape index (κ1) is 12.2. The molecule has 0 saturated heterocycles. The summed E-state index contributed by atoms with van der Waals surface area (Å²) in [6.45, 7) is 1.80. The second kappa shape index (κ2) is 4.91. The second-order valence-corrected chi connectivity index (χ2v) is 4.12. The van der Waals surface area contributed by atoms with Gasteiger partial charge in [-0.3, -0.25) is 0 Å². The van der Waals surface area contributed by atoms with E-state index in [0.717, 1.165) is 5.69 Å². The first-order valence-corrected chi connectivity index (χ1v) is 5.59. The quantitative estimate of drug-likeness (QED) is 0.815. The average molecular weight is 245 g/mol. The lowest BCUT2D eigenvalue weighted by molar-refractivity contribution is 0.171. The van der Waals surface area contributed by atoms with E-state index in [-0.39, 0.29) is 0 Å². The van der Waals surface area contributed by atoms with Gasteiger partial charge in [-0.15, -0.1) is 0 Å². The van der Waals surface area contributed by atoms with Crippen LogP contribution in [0.25, 0.3) is 5.69 Å². The zero-order valence-corrected chi connectivity index (χ0v) is 10.6. The number of nitrogens with zero attached hydrogens (tertiary/aromatic N) is 3. The summed E-state index contributed by atoms with van der Waals surface area (Å²) in [4.78, 5) is 12.9. The van der Waals surface area contributed by atoms with Crippen LogP contribution in [0.3, 0.4) is 0 Å². The van der Waals surface area contributed by atoms with E-state index in [1.54, 1.807) is 31.9 Å². The third kappa shape index (κ3) is 2.51. The SMILES string of the molecule is Cc1nn(-c2ccccc2)cc1OC(=O)N(C)C. The van der Waals surface area contributed by atoms with Crippen LogP contribution in [-0.2, 0) is 0 Å². The summed E-state index contributed by atoms with van der Waals surface area (Å²) in [5.41, 5.74) is 1.60. The number of ether oxygens (including phenoxy) is 1. The third-order valence-electron chi connectivity index (χ3n) is 2.44. The maximum absolute atomic E-state index is 11.5. The minimum atomic E-state index is -0.411. The molecule has 0 N–H and O–H groups in total. The summed E-state index contributed by atoms with van der Waals surface area (Å²) in [6.07, 6.45) is 1.29. The molecule has 0 aliphatic heterocycles. The standard InChI is InChI=1S/C13H15N3O2/c1-10-12(18-13(17)15(2)3)9-16(14-10)11-7-5-4-6-8-11/h4-9H,1-3H3. The molecule has 2 rings (SSSR count). The van der Waals surface area contributed by atoms with Crippen LogP contribution >= 0.6 is 0 Å². The Labute approximate surface area is 106 Å². The van der Waals surface area contributed by atoms with Crippen LogP contribution in [0.4, 0.5) is 4.79 Å². The average Bonchev–Trinajstić information content (AvgIpc) is 2.72. The fourth-order valence-corrected chi connectivity index (χ4v) is 1.44. The molecule has 0 aliphatic rings. The highest BCUT2D eigenvalue weighted by atomic mass is 16.6. The van der Waals surface area contributed by atoms with E-state index in [1.807, 2.05) is 30.3 Å². The van der Waals surface area contributed by atoms with E-state index in [9.17, 15) is 4.79 Å². The number of amides is 1. The van der Waals surface area contributed by atoms with E-state index in [4.69, 9.17) is 4.74 Å². The largest absolute Gasteiger partial charge is 0.414 e. The van der Waals surface area contributed by atoms with Crippen molar-refractivity contribution in [1.82, 2.24) is 14.7 Å². The Morgan fingerprint density at radius 1 is 1.28 bits per heavy atom. The molecule has 1 aromatic heterocycles. The van der Waals surface area contributed by atoms with Crippen LogP contribution in [-0.4, -0.2) is 34.9 Å². The molecule has 0 aliphatic carbocycles. The number of carbonyl (C=O) groups is 1. The normalized spacial score (nSPS) is 10.2. The topological polar surface area (TPSA) is 47.4 Å². The van der Waals surface area contributed by atoms with Gasteiger partial charge in [0.1, 0.15) is 5.69 Å². The van der Waals surface area contributed by atoms with Crippen molar-refractivity contribution in [3.63, 3.8) is 0 Å². The predicted molar refractivity (Wildman–Crippen MR) is 68.0 cm³/mol. The van der Waals surface area contributed by atoms with Gasteiger partial charge in [-0.2, -0.15) is 5.10 Å². The maximum Gasteiger partial charge on any atom is 0.414 e. The predicted octanol–water partition coefficient (Wildman–Crippen LogP) is 2.24. The van der Waals surface area contributed by atoms with Crippen molar-refractivity contribution in [2.45, 2.75) is 6.92 Å². The number of carbonyl (C=O) groups excluding carboxylic acids is 1. The van der Waals surface area contributed by atoms with Gasteiger partial charge < -0.3 is 9.64 Å². The van der Waals surface area contributed by atoms with Gasteiger partial charge in [-0.05, 0) is 19.1 Å². The molecule has 0 fully saturated rings. The summed E-state index contributed by atoms with van der Waals surface area (Å²) in [5, 5.41) is 4.31. The van der Waals surface area contributed by atoms with E-state index < -0.39 is 6.09 Å². The number of hydrogen-bond donors (Lipinski definition) is 0. The molecule has 2 aromatic rings. The lowest BCUT2D eigenvalue weighted by Gasteiger charge is -2.09. The number of para-hydroxylation sites is 1. The zero-order valence-electron chi connectivity index (χ0n) is 10.6. The van der Waals surface area contributed by atoms with E-state index >= 15 is 0 Å². The van der Waals surface area contributed by atoms with Gasteiger partial charge in [0.05, 0.1) is 11.9 Å². The molecule has 0 saturated carbocycles. The summed E-state index contributed by atoms with van der Waals surface area (Å²) < 4.78 is 6.90. The molecule has 1 amide bonds. The number of aryl methyl sites for hydroxylation is 1. The molecule has 0 unspecified atom stereocenters. The van der Waals surface area contributed by atoms with E-state index in [2.05, 4.69) is 5.10 Å². The first-order chi connectivity index (χ1) is 8.58. The molecular formula is C13H15N3O2. The Hall–Kier alpha value is -2.30. The van der Waals surface area contributed by atoms with E-state index in [1.165, 1.54) is 4.90 Å². The molecule has 94 valence electrons. The van der Waals surface area contributed by atoms with Crippen molar-refractivity contribution >= 4 is 6.09 Å². The van der Waals surface area contributed by atoms with Gasteiger partial charge in [0, 0.05) is 14.1 Å². The highest BCUT2D eigenvalue weighted by Crippen LogP contribution is 2.19. The number of rotatable bonds is 2. The summed E-state index contributed by atoms with van der Waals surface area (Å²) in [7, 11) is 3.28.